The number of rotatable bonds is 6. The number of esters is 1. The van der Waals surface area contributed by atoms with Crippen molar-refractivity contribution < 1.29 is 33.7 Å². The Morgan fingerprint density at radius 3 is 2.31 bits per heavy atom. The fraction of sp³-hybridized carbons (Fsp3) is 0.250. The van der Waals surface area contributed by atoms with Crippen LogP contribution in [0.15, 0.2) is 17.0 Å². The summed E-state index contributed by atoms with van der Waals surface area (Å²) < 4.78 is 15.7. The first-order valence-corrected chi connectivity index (χ1v) is 8.41. The van der Waals surface area contributed by atoms with Gasteiger partial charge >= 0.3 is 11.9 Å². The standard InChI is InChI=1S/C16H15NO7S2/c1-8(18)24-14-10(22-2)4-9(5-11(14)23-3)6-12-15(21)17(7-13(19)20)16(25)26-12/h4-6H,7H2,1-3H3,(H,19,20)/b12-6-. The Balaban J connectivity index is 2.41. The highest BCUT2D eigenvalue weighted by molar-refractivity contribution is 8.26. The molecule has 138 valence electrons. The van der Waals surface area contributed by atoms with Crippen LogP contribution in [0.5, 0.6) is 17.2 Å². The van der Waals surface area contributed by atoms with E-state index in [0.29, 0.717) is 5.56 Å². The fourth-order valence-corrected chi connectivity index (χ4v) is 3.41. The van der Waals surface area contributed by atoms with Crippen LogP contribution < -0.4 is 14.2 Å². The van der Waals surface area contributed by atoms with E-state index < -0.39 is 24.4 Å². The molecule has 1 aromatic carbocycles. The number of carbonyl (C=O) groups is 3. The lowest BCUT2D eigenvalue weighted by Crippen LogP contribution is -2.33. The van der Waals surface area contributed by atoms with Gasteiger partial charge in [-0.05, 0) is 23.8 Å². The second-order valence-electron chi connectivity index (χ2n) is 5.01. The van der Waals surface area contributed by atoms with Crippen LogP contribution in [0.25, 0.3) is 6.08 Å². The van der Waals surface area contributed by atoms with Gasteiger partial charge in [-0.2, -0.15) is 0 Å². The lowest BCUT2D eigenvalue weighted by Gasteiger charge is -2.13. The Morgan fingerprint density at radius 2 is 1.85 bits per heavy atom. The Labute approximate surface area is 158 Å². The zero-order valence-corrected chi connectivity index (χ0v) is 15.7. The summed E-state index contributed by atoms with van der Waals surface area (Å²) in [5.74, 6) is -1.58. The third-order valence-electron chi connectivity index (χ3n) is 3.19. The third kappa shape index (κ3) is 4.33. The van der Waals surface area contributed by atoms with Gasteiger partial charge in [0.05, 0.1) is 19.1 Å². The van der Waals surface area contributed by atoms with E-state index in [1.165, 1.54) is 27.2 Å². The molecule has 0 bridgehead atoms. The Hall–Kier alpha value is -2.59. The molecule has 8 nitrogen and oxygen atoms in total. The maximum atomic E-state index is 12.3. The van der Waals surface area contributed by atoms with Crippen molar-refractivity contribution in [2.75, 3.05) is 20.8 Å². The molecule has 0 aliphatic carbocycles. The predicted octanol–water partition coefficient (Wildman–Crippen LogP) is 1.91. The topological polar surface area (TPSA) is 102 Å². The zero-order chi connectivity index (χ0) is 19.4. The molecule has 1 heterocycles. The van der Waals surface area contributed by atoms with E-state index in [9.17, 15) is 14.4 Å². The lowest BCUT2D eigenvalue weighted by molar-refractivity contribution is -0.140. The van der Waals surface area contributed by atoms with Crippen LogP contribution in [-0.2, 0) is 14.4 Å². The van der Waals surface area contributed by atoms with Crippen molar-refractivity contribution in [3.63, 3.8) is 0 Å². The normalized spacial score (nSPS) is 15.3. The van der Waals surface area contributed by atoms with Gasteiger partial charge < -0.3 is 19.3 Å². The molecule has 0 atom stereocenters. The summed E-state index contributed by atoms with van der Waals surface area (Å²) in [4.78, 5) is 35.7. The molecule has 2 rings (SSSR count). The van der Waals surface area contributed by atoms with Gasteiger partial charge in [0.2, 0.25) is 5.75 Å². The van der Waals surface area contributed by atoms with Gasteiger partial charge in [0, 0.05) is 6.92 Å². The predicted molar refractivity (Wildman–Crippen MR) is 98.4 cm³/mol. The largest absolute Gasteiger partial charge is 0.493 e. The number of thiocarbonyl (C=S) groups is 1. The summed E-state index contributed by atoms with van der Waals surface area (Å²) in [5, 5.41) is 8.87. The van der Waals surface area contributed by atoms with Crippen LogP contribution in [0, 0.1) is 0 Å². The van der Waals surface area contributed by atoms with Crippen LogP contribution in [0.3, 0.4) is 0 Å². The Kier molecular flexibility index (Phi) is 6.22. The van der Waals surface area contributed by atoms with E-state index in [2.05, 4.69) is 0 Å². The van der Waals surface area contributed by atoms with Gasteiger partial charge in [-0.25, -0.2) is 0 Å². The molecule has 1 saturated heterocycles. The molecule has 0 saturated carbocycles. The number of aliphatic carboxylic acids is 1. The molecule has 1 amide bonds. The molecule has 1 aliphatic rings. The number of benzene rings is 1. The van der Waals surface area contributed by atoms with E-state index in [1.807, 2.05) is 0 Å². The highest BCUT2D eigenvalue weighted by atomic mass is 32.2. The maximum absolute atomic E-state index is 12.3. The van der Waals surface area contributed by atoms with E-state index >= 15 is 0 Å². The Morgan fingerprint density at radius 1 is 1.27 bits per heavy atom. The highest BCUT2D eigenvalue weighted by Gasteiger charge is 2.33. The Bertz CT molecular complexity index is 794. The molecular weight excluding hydrogens is 382 g/mol. The molecule has 0 aromatic heterocycles. The van der Waals surface area contributed by atoms with Gasteiger partial charge in [0.25, 0.3) is 5.91 Å². The van der Waals surface area contributed by atoms with Crippen molar-refractivity contribution in [3.05, 3.63) is 22.6 Å². The minimum Gasteiger partial charge on any atom is -0.493 e. The highest BCUT2D eigenvalue weighted by Crippen LogP contribution is 2.40. The smallest absolute Gasteiger partial charge is 0.323 e. The van der Waals surface area contributed by atoms with Crippen molar-refractivity contribution in [1.82, 2.24) is 4.90 Å². The van der Waals surface area contributed by atoms with Crippen molar-refractivity contribution in [2.45, 2.75) is 6.92 Å². The number of carboxylic acid groups (broad SMARTS) is 1. The number of amides is 1. The summed E-state index contributed by atoms with van der Waals surface area (Å²) in [6.45, 7) is 0.751. The fourth-order valence-electron chi connectivity index (χ4n) is 2.15. The number of methoxy groups -OCH3 is 2. The van der Waals surface area contributed by atoms with Crippen LogP contribution >= 0.6 is 24.0 Å². The molecule has 0 spiro atoms. The average molecular weight is 397 g/mol. The summed E-state index contributed by atoms with van der Waals surface area (Å²) >= 11 is 6.05. The molecule has 1 aliphatic heterocycles. The quantitative estimate of drug-likeness (QED) is 0.334. The van der Waals surface area contributed by atoms with Crippen molar-refractivity contribution in [3.8, 4) is 17.2 Å². The molecular formula is C16H15NO7S2. The molecule has 1 N–H and O–H groups in total. The van der Waals surface area contributed by atoms with Crippen LogP contribution in [0.1, 0.15) is 12.5 Å². The van der Waals surface area contributed by atoms with Crippen molar-refractivity contribution >= 4 is 52.2 Å². The monoisotopic (exact) mass is 397 g/mol. The molecule has 0 unspecified atom stereocenters. The van der Waals surface area contributed by atoms with Gasteiger partial charge in [-0.3, -0.25) is 19.3 Å². The molecule has 10 heteroatoms. The van der Waals surface area contributed by atoms with Crippen molar-refractivity contribution in [2.24, 2.45) is 0 Å². The van der Waals surface area contributed by atoms with E-state index in [1.54, 1.807) is 12.1 Å². The second-order valence-corrected chi connectivity index (χ2v) is 6.69. The van der Waals surface area contributed by atoms with Gasteiger partial charge in [0.15, 0.2) is 11.5 Å². The van der Waals surface area contributed by atoms with Crippen LogP contribution in [-0.4, -0.2) is 52.9 Å². The third-order valence-corrected chi connectivity index (χ3v) is 4.57. The van der Waals surface area contributed by atoms with Crippen LogP contribution in [0.4, 0.5) is 0 Å². The maximum Gasteiger partial charge on any atom is 0.323 e. The number of hydrogen-bond donors (Lipinski definition) is 1. The van der Waals surface area contributed by atoms with Crippen LogP contribution in [0.2, 0.25) is 0 Å². The molecule has 1 fully saturated rings. The number of hydrogen-bond acceptors (Lipinski definition) is 8. The minimum atomic E-state index is -1.16. The lowest BCUT2D eigenvalue weighted by atomic mass is 10.1. The van der Waals surface area contributed by atoms with Gasteiger partial charge in [0.1, 0.15) is 10.9 Å². The molecule has 0 radical (unpaired) electrons. The van der Waals surface area contributed by atoms with Crippen molar-refractivity contribution in [1.29, 1.82) is 0 Å². The first-order chi connectivity index (χ1) is 12.3. The number of nitrogens with zero attached hydrogens (tertiary/aromatic N) is 1. The number of ether oxygens (including phenoxy) is 3. The summed E-state index contributed by atoms with van der Waals surface area (Å²) in [6.07, 6.45) is 1.53. The van der Waals surface area contributed by atoms with E-state index in [-0.39, 0.29) is 26.5 Å². The molecule has 1 aromatic rings. The minimum absolute atomic E-state index is 0.123. The first-order valence-electron chi connectivity index (χ1n) is 7.18. The SMILES string of the molecule is COc1cc(/C=C2\SC(=S)N(CC(=O)O)C2=O)cc(OC)c1OC(C)=O. The zero-order valence-electron chi connectivity index (χ0n) is 14.1. The van der Waals surface area contributed by atoms with E-state index in [0.717, 1.165) is 16.7 Å². The molecule has 26 heavy (non-hydrogen) atoms. The number of thioether (sulfide) groups is 1. The summed E-state index contributed by atoms with van der Waals surface area (Å²) in [6, 6.07) is 3.12. The summed E-state index contributed by atoms with van der Waals surface area (Å²) in [7, 11) is 2.80. The summed E-state index contributed by atoms with van der Waals surface area (Å²) in [5.41, 5.74) is 0.533. The second kappa shape index (κ2) is 8.19. The van der Waals surface area contributed by atoms with Gasteiger partial charge in [-0.15, -0.1) is 0 Å². The van der Waals surface area contributed by atoms with Gasteiger partial charge in [-0.1, -0.05) is 24.0 Å². The number of carboxylic acids is 1. The average Bonchev–Trinajstić information content (AvgIpc) is 2.82. The first kappa shape index (κ1) is 19.7. The number of carbonyl (C=O) groups excluding carboxylic acids is 2. The van der Waals surface area contributed by atoms with E-state index in [4.69, 9.17) is 31.5 Å².